The first kappa shape index (κ1) is 29.5. The van der Waals surface area contributed by atoms with Crippen LogP contribution in [0.25, 0.3) is 0 Å². The molecule has 0 aliphatic carbocycles. The van der Waals surface area contributed by atoms with Gasteiger partial charge in [0.2, 0.25) is 5.82 Å². The summed E-state index contributed by atoms with van der Waals surface area (Å²) in [6.45, 7) is 9.11. The van der Waals surface area contributed by atoms with Gasteiger partial charge in [-0.25, -0.2) is 18.1 Å². The highest BCUT2D eigenvalue weighted by molar-refractivity contribution is 7.49. The van der Waals surface area contributed by atoms with Crippen LogP contribution in [0, 0.1) is 11.6 Å². The molecule has 0 spiro atoms. The summed E-state index contributed by atoms with van der Waals surface area (Å²) < 4.78 is 79.2. The second-order valence-electron chi connectivity index (χ2n) is 11.6. The summed E-state index contributed by atoms with van der Waals surface area (Å²) in [6.07, 6.45) is -6.12. The summed E-state index contributed by atoms with van der Waals surface area (Å²) in [5.74, 6) is -5.42. The van der Waals surface area contributed by atoms with Crippen LogP contribution in [0.2, 0.25) is 0 Å². The SMILES string of the molecule is CC(C)(C)c1cc(C(C)(C)C)c2c(c1F)COP(=O)(OC[C@@]1(F)O[C@@H](n3cc(F)c(=O)[nH]c3=O)[C@H](O)[C@@H]1O)O2. The summed E-state index contributed by atoms with van der Waals surface area (Å²) in [5.41, 5.74) is -2.91. The molecule has 1 unspecified atom stereocenters. The first-order chi connectivity index (χ1) is 17.8. The molecule has 39 heavy (non-hydrogen) atoms. The first-order valence-corrected chi connectivity index (χ1v) is 13.4. The van der Waals surface area contributed by atoms with E-state index in [4.69, 9.17) is 18.3 Å². The topological polar surface area (TPSA) is 149 Å². The van der Waals surface area contributed by atoms with Crippen molar-refractivity contribution in [3.63, 3.8) is 0 Å². The molecule has 1 saturated heterocycles. The highest BCUT2D eigenvalue weighted by Gasteiger charge is 2.58. The van der Waals surface area contributed by atoms with Gasteiger partial charge in [0.15, 0.2) is 6.23 Å². The number of phosphoric acid groups is 1. The molecule has 1 fully saturated rings. The van der Waals surface area contributed by atoms with Crippen molar-refractivity contribution in [3.8, 4) is 5.75 Å². The summed E-state index contributed by atoms with van der Waals surface area (Å²) in [4.78, 5) is 24.9. The van der Waals surface area contributed by atoms with Gasteiger partial charge in [-0.1, -0.05) is 41.5 Å². The van der Waals surface area contributed by atoms with E-state index >= 15 is 8.78 Å². The number of aromatic amines is 1. The number of ether oxygens (including phenoxy) is 1. The first-order valence-electron chi connectivity index (χ1n) is 12.0. The average molecular weight is 578 g/mol. The Hall–Kier alpha value is -2.48. The minimum Gasteiger partial charge on any atom is -0.403 e. The van der Waals surface area contributed by atoms with Gasteiger partial charge in [-0.15, -0.1) is 0 Å². The van der Waals surface area contributed by atoms with E-state index in [0.29, 0.717) is 21.9 Å². The maximum absolute atomic E-state index is 15.6. The van der Waals surface area contributed by atoms with Gasteiger partial charge in [-0.05, 0) is 22.5 Å². The fourth-order valence-corrected chi connectivity index (χ4v) is 5.52. The highest BCUT2D eigenvalue weighted by atomic mass is 31.2. The lowest BCUT2D eigenvalue weighted by atomic mass is 9.78. The molecule has 1 aromatic heterocycles. The van der Waals surface area contributed by atoms with Crippen LogP contribution in [-0.2, 0) is 35.8 Å². The van der Waals surface area contributed by atoms with Gasteiger partial charge >= 0.3 is 13.5 Å². The third-order valence-electron chi connectivity index (χ3n) is 6.49. The Labute approximate surface area is 221 Å². The summed E-state index contributed by atoms with van der Waals surface area (Å²) in [7, 11) is -4.63. The molecular formula is C24H30F3N2O9P. The molecule has 3 N–H and O–H groups in total. The fraction of sp³-hybridized carbons (Fsp3) is 0.583. The number of rotatable bonds is 4. The van der Waals surface area contributed by atoms with Crippen molar-refractivity contribution in [2.75, 3.05) is 6.61 Å². The number of hydrogen-bond donors (Lipinski definition) is 3. The number of aromatic nitrogens is 2. The third-order valence-corrected chi connectivity index (χ3v) is 7.78. The summed E-state index contributed by atoms with van der Waals surface area (Å²) >= 11 is 0. The number of H-pyrrole nitrogens is 1. The lowest BCUT2D eigenvalue weighted by Crippen LogP contribution is -2.43. The van der Waals surface area contributed by atoms with Gasteiger partial charge in [-0.2, -0.15) is 4.39 Å². The lowest BCUT2D eigenvalue weighted by Gasteiger charge is -2.34. The van der Waals surface area contributed by atoms with Crippen LogP contribution in [0.4, 0.5) is 13.2 Å². The van der Waals surface area contributed by atoms with Crippen LogP contribution >= 0.6 is 7.82 Å². The molecule has 5 atom stereocenters. The lowest BCUT2D eigenvalue weighted by molar-refractivity contribution is -0.205. The van der Waals surface area contributed by atoms with Crippen molar-refractivity contribution in [3.05, 3.63) is 61.4 Å². The van der Waals surface area contributed by atoms with E-state index in [9.17, 15) is 28.8 Å². The minimum absolute atomic E-state index is 0.00416. The largest absolute Gasteiger partial charge is 0.530 e. The normalized spacial score (nSPS) is 29.3. The quantitative estimate of drug-likeness (QED) is 0.466. The van der Waals surface area contributed by atoms with Crippen molar-refractivity contribution in [2.24, 2.45) is 0 Å². The molecule has 2 aliphatic heterocycles. The molecule has 0 amide bonds. The molecule has 0 bridgehead atoms. The second-order valence-corrected chi connectivity index (χ2v) is 13.1. The summed E-state index contributed by atoms with van der Waals surface area (Å²) in [6, 6.07) is 1.60. The maximum atomic E-state index is 15.6. The second kappa shape index (κ2) is 9.57. The van der Waals surface area contributed by atoms with Gasteiger partial charge < -0.3 is 19.5 Å². The van der Waals surface area contributed by atoms with Crippen LogP contribution in [0.3, 0.4) is 0 Å². The van der Waals surface area contributed by atoms with Crippen LogP contribution < -0.4 is 15.8 Å². The zero-order chi connectivity index (χ0) is 29.3. The third kappa shape index (κ3) is 5.33. The summed E-state index contributed by atoms with van der Waals surface area (Å²) in [5, 5.41) is 20.6. The van der Waals surface area contributed by atoms with E-state index in [0.717, 1.165) is 0 Å². The molecule has 11 nitrogen and oxygen atoms in total. The van der Waals surface area contributed by atoms with Crippen LogP contribution in [0.15, 0.2) is 21.9 Å². The highest BCUT2D eigenvalue weighted by Crippen LogP contribution is 2.58. The number of aliphatic hydroxyl groups is 2. The number of nitrogens with one attached hydrogen (secondary N) is 1. The molecule has 216 valence electrons. The fourth-order valence-electron chi connectivity index (χ4n) is 4.29. The van der Waals surface area contributed by atoms with E-state index in [1.807, 2.05) is 41.5 Å². The van der Waals surface area contributed by atoms with E-state index in [1.54, 1.807) is 11.1 Å². The van der Waals surface area contributed by atoms with E-state index in [1.165, 1.54) is 0 Å². The van der Waals surface area contributed by atoms with Crippen LogP contribution in [0.5, 0.6) is 5.75 Å². The van der Waals surface area contributed by atoms with Gasteiger partial charge in [0, 0.05) is 5.56 Å². The van der Waals surface area contributed by atoms with Gasteiger partial charge in [0.1, 0.15) is 30.4 Å². The van der Waals surface area contributed by atoms with Crippen LogP contribution in [-0.4, -0.2) is 44.4 Å². The molecule has 1 aromatic carbocycles. The van der Waals surface area contributed by atoms with E-state index in [2.05, 4.69) is 0 Å². The number of nitrogens with zero attached hydrogens (tertiary/aromatic N) is 1. The van der Waals surface area contributed by atoms with E-state index < -0.39 is 79.0 Å². The van der Waals surface area contributed by atoms with Gasteiger partial charge in [0.25, 0.3) is 11.4 Å². The Morgan fingerprint density at radius 2 is 1.77 bits per heavy atom. The molecule has 3 heterocycles. The smallest absolute Gasteiger partial charge is 0.403 e. The number of fused-ring (bicyclic) bond motifs is 1. The Morgan fingerprint density at radius 1 is 1.15 bits per heavy atom. The van der Waals surface area contributed by atoms with Gasteiger partial charge in [0.05, 0.1) is 18.4 Å². The molecule has 2 aromatic rings. The predicted molar refractivity (Wildman–Crippen MR) is 130 cm³/mol. The Morgan fingerprint density at radius 3 is 2.36 bits per heavy atom. The molecule has 0 saturated carbocycles. The Balaban J connectivity index is 1.62. The van der Waals surface area contributed by atoms with Crippen molar-refractivity contribution in [1.82, 2.24) is 9.55 Å². The monoisotopic (exact) mass is 578 g/mol. The number of halogens is 3. The van der Waals surface area contributed by atoms with Crippen molar-refractivity contribution in [1.29, 1.82) is 0 Å². The number of aliphatic hydroxyl groups excluding tert-OH is 2. The number of benzene rings is 1. The number of alkyl halides is 1. The van der Waals surface area contributed by atoms with Crippen molar-refractivity contribution >= 4 is 7.82 Å². The predicted octanol–water partition coefficient (Wildman–Crippen LogP) is 3.06. The molecular weight excluding hydrogens is 548 g/mol. The molecule has 0 radical (unpaired) electrons. The van der Waals surface area contributed by atoms with Crippen molar-refractivity contribution in [2.45, 2.75) is 83.3 Å². The number of hydrogen-bond acceptors (Lipinski definition) is 9. The van der Waals surface area contributed by atoms with Crippen LogP contribution in [0.1, 0.15) is 64.5 Å². The van der Waals surface area contributed by atoms with Gasteiger partial charge in [-0.3, -0.25) is 23.4 Å². The molecule has 2 aliphatic rings. The van der Waals surface area contributed by atoms with E-state index in [-0.39, 0.29) is 11.3 Å². The zero-order valence-corrected chi connectivity index (χ0v) is 23.0. The maximum Gasteiger partial charge on any atom is 0.530 e. The zero-order valence-electron chi connectivity index (χ0n) is 22.1. The Bertz CT molecular complexity index is 1460. The minimum atomic E-state index is -4.63. The Kier molecular flexibility index (Phi) is 7.24. The number of phosphoric ester groups is 1. The molecule has 4 rings (SSSR count). The standard InChI is InChI=1S/C24H30F3N2O9P/c1-22(2,3)12-7-13(23(4,5)6)17-11(15(12)26)9-35-39(34,38-17)36-10-24(27)18(31)16(30)20(37-24)29-8-14(25)19(32)28-21(29)33/h7-8,16,18,20,30-31H,9-10H2,1-6H3,(H,28,32,33)/t16-,18+,20-,24-,39?/m1/s1. The van der Waals surface area contributed by atoms with Crippen molar-refractivity contribution < 1.29 is 46.3 Å². The molecule has 15 heteroatoms. The average Bonchev–Trinajstić information content (AvgIpc) is 3.03.